The molecule has 12 rings (SSSR count). The molecule has 0 radical (unpaired) electrons. The molecule has 15 nitrogen and oxygen atoms in total. The van der Waals surface area contributed by atoms with Crippen LogP contribution in [0.15, 0.2) is 4.40 Å². The van der Waals surface area contributed by atoms with Crippen LogP contribution in [0.25, 0.3) is 0 Å². The van der Waals surface area contributed by atoms with Gasteiger partial charge in [0.1, 0.15) is 28.0 Å². The van der Waals surface area contributed by atoms with Gasteiger partial charge in [0.05, 0.1) is 36.2 Å². The number of amides is 2. The summed E-state index contributed by atoms with van der Waals surface area (Å²) in [6.45, 7) is 31.3. The number of nitrogens with one attached hydrogen (secondary N) is 4. The number of nitrogens with zero attached hydrogens (tertiary/aromatic N) is 1. The molecule has 0 aromatic rings. The minimum absolute atomic E-state index is 0. The summed E-state index contributed by atoms with van der Waals surface area (Å²) in [5.41, 5.74) is 8.95. The Bertz CT molecular complexity index is 2520. The van der Waals surface area contributed by atoms with Crippen LogP contribution in [-0.2, 0) is 47.2 Å². The summed E-state index contributed by atoms with van der Waals surface area (Å²) in [6, 6.07) is 1.69. The van der Waals surface area contributed by atoms with Gasteiger partial charge in [-0.05, 0) is 299 Å². The summed E-state index contributed by atoms with van der Waals surface area (Å²) in [6.07, 6.45) is 57.5. The predicted octanol–water partition coefficient (Wildman–Crippen LogP) is 20.2. The van der Waals surface area contributed by atoms with E-state index in [-0.39, 0.29) is 39.3 Å². The fourth-order valence-electron chi connectivity index (χ4n) is 19.4. The van der Waals surface area contributed by atoms with Gasteiger partial charge in [0, 0.05) is 47.1 Å². The molecule has 0 bridgehead atoms. The number of nitrogens with two attached hydrogens (primary N) is 2. The first-order valence-corrected chi connectivity index (χ1v) is 44.1. The molecule has 0 unspecified atom stereocenters. The third-order valence-corrected chi connectivity index (χ3v) is 29.6. The van der Waals surface area contributed by atoms with Gasteiger partial charge in [-0.25, -0.2) is 26.9 Å². The molecule has 2 amide bonds. The molecular weight excluding hydrogens is 1310 g/mol. The van der Waals surface area contributed by atoms with Gasteiger partial charge in [-0.3, -0.25) is 9.93 Å². The Kier molecular flexibility index (Phi) is 34.9. The van der Waals surface area contributed by atoms with Gasteiger partial charge in [-0.1, -0.05) is 129 Å². The number of carbonyl (C=O) groups excluding carboxylic acids is 3. The van der Waals surface area contributed by atoms with Crippen LogP contribution < -0.4 is 31.5 Å². The highest BCUT2D eigenvalue weighted by Gasteiger charge is 2.49. The molecule has 11 aliphatic carbocycles. The minimum Gasteiger partial charge on any atom is -0.444 e. The Morgan fingerprint density at radius 3 is 1.13 bits per heavy atom. The number of carbonyl (C=O) groups is 3. The van der Waals surface area contributed by atoms with Crippen LogP contribution in [0.1, 0.15) is 400 Å². The highest BCUT2D eigenvalue weighted by Crippen LogP contribution is 2.53. The van der Waals surface area contributed by atoms with Crippen molar-refractivity contribution in [3.05, 3.63) is 0 Å². The molecule has 584 valence electrons. The van der Waals surface area contributed by atoms with Crippen molar-refractivity contribution in [1.29, 1.82) is 0 Å². The summed E-state index contributed by atoms with van der Waals surface area (Å²) < 4.78 is 53.0. The predicted molar refractivity (Wildman–Crippen MR) is 423 cm³/mol. The normalized spacial score (nSPS) is 28.3. The van der Waals surface area contributed by atoms with Gasteiger partial charge in [0.25, 0.3) is 0 Å². The summed E-state index contributed by atoms with van der Waals surface area (Å²) in [7, 11) is -3.15. The Morgan fingerprint density at radius 1 is 0.430 bits per heavy atom. The fraction of sp³-hybridized carbons (Fsp3) is 0.951. The van der Waals surface area contributed by atoms with Crippen molar-refractivity contribution in [2.45, 2.75) is 450 Å². The average molecular weight is 1460 g/mol. The molecule has 6 spiro atoms. The van der Waals surface area contributed by atoms with Crippen LogP contribution in [0.5, 0.6) is 0 Å². The molecule has 12 aliphatic rings. The maximum atomic E-state index is 12.2. The van der Waals surface area contributed by atoms with Crippen LogP contribution in [-0.4, -0.2) is 99.0 Å². The highest BCUT2D eigenvalue weighted by molar-refractivity contribution is 7.85. The molecule has 0 aromatic carbocycles. The highest BCUT2D eigenvalue weighted by atomic mass is 32.2. The van der Waals surface area contributed by atoms with Gasteiger partial charge in [-0.2, -0.15) is 4.40 Å². The number of rotatable bonds is 5. The van der Waals surface area contributed by atoms with Crippen LogP contribution in [0.2, 0.25) is 0 Å². The van der Waals surface area contributed by atoms with Crippen LogP contribution in [0, 0.1) is 32.5 Å². The maximum absolute atomic E-state index is 12.2. The molecule has 100 heavy (non-hydrogen) atoms. The SMILES string of the molecule is C.CC(C)(C)OC(=O)N[C@@H]1CCCC12CCCCC2.CC(C)(C)OC(=O)N[C@@H]1CCCC12CCNCC2.CC(C)(C)[S@@](=O)N=C1CCCC12CCCCC2.CC(C)(C)[S@@](=O)N[C@@H]1CCCC12CCCCC2.CC(C)(C)[S@](N)=O.N[C@@H]1CCCC12CCCCC2.O=C1CCCC12CCCCC2. The summed E-state index contributed by atoms with van der Waals surface area (Å²) in [5.74, 6) is 0.581. The Labute approximate surface area is 620 Å². The summed E-state index contributed by atoms with van der Waals surface area (Å²) in [5, 5.41) is 14.7. The number of hydrogen-bond acceptors (Lipinski definition) is 10. The van der Waals surface area contributed by atoms with Crippen molar-refractivity contribution in [3.8, 4) is 0 Å². The smallest absolute Gasteiger partial charge is 0.407 e. The average Bonchev–Trinajstić information content (AvgIpc) is 1.73. The second-order valence-corrected chi connectivity index (χ2v) is 43.9. The van der Waals surface area contributed by atoms with Gasteiger partial charge in [0.2, 0.25) is 0 Å². The number of alkyl carbamates (subject to hydrolysis) is 2. The topological polar surface area (TPSA) is 233 Å². The number of ketones is 1. The van der Waals surface area contributed by atoms with E-state index in [1.807, 2.05) is 83.1 Å². The third kappa shape index (κ3) is 26.8. The second kappa shape index (κ2) is 39.3. The van der Waals surface area contributed by atoms with E-state index in [1.165, 1.54) is 269 Å². The molecule has 11 saturated carbocycles. The minimum atomic E-state index is -1.18. The lowest BCUT2D eigenvalue weighted by Crippen LogP contribution is -2.50. The molecule has 7 atom stereocenters. The molecule has 1 saturated heterocycles. The van der Waals surface area contributed by atoms with Crippen molar-refractivity contribution < 1.29 is 36.5 Å². The van der Waals surface area contributed by atoms with Crippen LogP contribution in [0.3, 0.4) is 0 Å². The van der Waals surface area contributed by atoms with E-state index in [0.717, 1.165) is 38.8 Å². The fourth-order valence-corrected chi connectivity index (χ4v) is 21.2. The van der Waals surface area contributed by atoms with Crippen molar-refractivity contribution in [3.63, 3.8) is 0 Å². The molecule has 0 aromatic heterocycles. The van der Waals surface area contributed by atoms with Crippen LogP contribution >= 0.6 is 0 Å². The molecule has 1 aliphatic heterocycles. The lowest BCUT2D eigenvalue weighted by Gasteiger charge is -2.40. The Balaban J connectivity index is 0.000000213. The quantitative estimate of drug-likeness (QED) is 0.152. The number of piperidine rings is 1. The molecule has 18 heteroatoms. The molecule has 8 N–H and O–H groups in total. The van der Waals surface area contributed by atoms with E-state index in [1.54, 1.807) is 0 Å². The largest absolute Gasteiger partial charge is 0.444 e. The van der Waals surface area contributed by atoms with Crippen molar-refractivity contribution in [1.82, 2.24) is 20.7 Å². The van der Waals surface area contributed by atoms with E-state index in [0.29, 0.717) is 57.0 Å². The molecule has 12 fully saturated rings. The first kappa shape index (κ1) is 88.8. The first-order valence-electron chi connectivity index (χ1n) is 40.7. The first-order chi connectivity index (χ1) is 46.3. The maximum Gasteiger partial charge on any atom is 0.407 e. The zero-order chi connectivity index (χ0) is 73.0. The van der Waals surface area contributed by atoms with Gasteiger partial charge < -0.3 is 31.2 Å². The second-order valence-electron chi connectivity index (χ2n) is 38.1. The van der Waals surface area contributed by atoms with Crippen molar-refractivity contribution in [2.24, 2.45) is 47.8 Å². The Morgan fingerprint density at radius 2 is 0.760 bits per heavy atom. The standard InChI is InChI=1S/C15H27NO2.C14H26N2O2.C14H27NOS.C14H25NOS.C10H19N.C10H16O.C4H11NOS.CH4/c1-14(2,3)18-13(17)16-12-8-7-11-15(12)9-5-4-6-10-15;1-13(2,3)18-12(17)16-11-5-4-6-14(11)7-9-15-10-8-14;2*1-13(2,3)17(16)15-12-8-7-11-14(12)9-5-4-6-10-14;2*11-9-5-4-8-10(9)6-2-1-3-7-10;1-4(2,3)7(5)6;/h12H,4-11H2,1-3H3,(H,16,17);11,15H,4-10H2,1-3H3,(H,16,17);12,15H,4-11H2,1-3H3;4-11H2,1-3H3;9H,1-8,11H2;1-8H2;5H2,1-3H3;1H4/t12-;11-;12-,17-;17-;9-;;7-;/m11111.1./s1. The summed E-state index contributed by atoms with van der Waals surface area (Å²) >= 11 is 0. The van der Waals surface area contributed by atoms with Gasteiger partial charge >= 0.3 is 12.2 Å². The van der Waals surface area contributed by atoms with E-state index in [9.17, 15) is 27.0 Å². The van der Waals surface area contributed by atoms with E-state index in [2.05, 4.69) is 45.8 Å². The van der Waals surface area contributed by atoms with Gasteiger partial charge in [0.15, 0.2) is 0 Å². The van der Waals surface area contributed by atoms with E-state index in [4.69, 9.17) is 20.3 Å². The van der Waals surface area contributed by atoms with E-state index < -0.39 is 44.2 Å². The lowest BCUT2D eigenvalue weighted by molar-refractivity contribution is -0.127. The summed E-state index contributed by atoms with van der Waals surface area (Å²) in [4.78, 5) is 35.4. The monoisotopic (exact) mass is 1460 g/mol. The van der Waals surface area contributed by atoms with Crippen molar-refractivity contribution >= 4 is 56.6 Å². The zero-order valence-electron chi connectivity index (χ0n) is 66.1. The third-order valence-electron chi connectivity index (χ3n) is 25.3. The van der Waals surface area contributed by atoms with Crippen LogP contribution in [0.4, 0.5) is 9.59 Å². The number of ether oxygens (including phenoxy) is 2. The lowest BCUT2D eigenvalue weighted by atomic mass is 9.70. The zero-order valence-corrected chi connectivity index (χ0v) is 68.6. The number of Topliss-reactive ketones (excluding diaryl/α,β-unsaturated/α-hetero) is 1. The van der Waals surface area contributed by atoms with E-state index >= 15 is 0 Å². The molecule has 1 heterocycles. The molecular formula is C82H155N7O8S3. The van der Waals surface area contributed by atoms with Crippen molar-refractivity contribution in [2.75, 3.05) is 13.1 Å². The number of hydrogen-bond donors (Lipinski definition) is 6. The Hall–Kier alpha value is -1.83. The van der Waals surface area contributed by atoms with Gasteiger partial charge in [-0.15, -0.1) is 0 Å².